The highest BCUT2D eigenvalue weighted by atomic mass is 127. The second kappa shape index (κ2) is 19.0. The average molecular weight is 849 g/mol. The molecule has 1 saturated heterocycles. The van der Waals surface area contributed by atoms with Crippen LogP contribution in [0.4, 0.5) is 30.2 Å². The Balaban J connectivity index is 0.893. The first-order valence-electron chi connectivity index (χ1n) is 17.5. The van der Waals surface area contributed by atoms with Gasteiger partial charge in [0.1, 0.15) is 11.9 Å². The zero-order valence-corrected chi connectivity index (χ0v) is 31.0. The third-order valence-electron chi connectivity index (χ3n) is 8.84. The maximum Gasteiger partial charge on any atom is 0.277 e. The van der Waals surface area contributed by atoms with Gasteiger partial charge in [-0.2, -0.15) is 0 Å². The second-order valence-electron chi connectivity index (χ2n) is 12.7. The third-order valence-corrected chi connectivity index (χ3v) is 9.52. The van der Waals surface area contributed by atoms with Gasteiger partial charge in [-0.1, -0.05) is 25.7 Å². The summed E-state index contributed by atoms with van der Waals surface area (Å²) < 4.78 is 43.4. The smallest absolute Gasteiger partial charge is 0.277 e. The van der Waals surface area contributed by atoms with Crippen molar-refractivity contribution >= 4 is 69.2 Å². The maximum absolute atomic E-state index is 14.6. The number of imide groups is 2. The van der Waals surface area contributed by atoms with Crippen molar-refractivity contribution in [2.75, 3.05) is 36.9 Å². The molecule has 1 atom stereocenters. The van der Waals surface area contributed by atoms with E-state index in [4.69, 9.17) is 4.84 Å². The number of benzene rings is 3. The number of unbranched alkanes of at least 4 members (excludes halogenated alkanes) is 5. The number of rotatable bonds is 19. The van der Waals surface area contributed by atoms with Gasteiger partial charge in [0.15, 0.2) is 11.6 Å². The van der Waals surface area contributed by atoms with E-state index in [1.807, 2.05) is 22.6 Å². The number of hydroxylamine groups is 1. The molecule has 0 saturated carbocycles. The van der Waals surface area contributed by atoms with Crippen molar-refractivity contribution in [3.8, 4) is 0 Å². The van der Waals surface area contributed by atoms with Crippen molar-refractivity contribution in [2.24, 2.45) is 0 Å². The van der Waals surface area contributed by atoms with Crippen LogP contribution in [0, 0.1) is 21.0 Å². The molecule has 0 bridgehead atoms. The Labute approximate surface area is 318 Å². The molecule has 5 rings (SSSR count). The van der Waals surface area contributed by atoms with Crippen LogP contribution < -0.4 is 26.7 Å². The highest BCUT2D eigenvalue weighted by Gasteiger charge is 2.44. The van der Waals surface area contributed by atoms with Gasteiger partial charge < -0.3 is 16.0 Å². The molecule has 282 valence electrons. The summed E-state index contributed by atoms with van der Waals surface area (Å²) in [7, 11) is 0. The summed E-state index contributed by atoms with van der Waals surface area (Å²) in [6.07, 6.45) is 6.96. The summed E-state index contributed by atoms with van der Waals surface area (Å²) in [5.74, 6) is -6.09. The Hall–Kier alpha value is -4.55. The summed E-state index contributed by atoms with van der Waals surface area (Å²) in [5, 5.41) is 11.3. The molecule has 0 aliphatic carbocycles. The van der Waals surface area contributed by atoms with E-state index in [-0.39, 0.29) is 41.8 Å². The van der Waals surface area contributed by atoms with E-state index < -0.39 is 58.7 Å². The minimum Gasteiger partial charge on any atom is -0.385 e. The molecule has 0 aromatic heterocycles. The highest BCUT2D eigenvalue weighted by molar-refractivity contribution is 14.1. The minimum atomic E-state index is -1.31. The second-order valence-corrected chi connectivity index (χ2v) is 13.9. The fourth-order valence-electron chi connectivity index (χ4n) is 6.05. The lowest BCUT2D eigenvalue weighted by Crippen LogP contribution is -2.54. The van der Waals surface area contributed by atoms with Gasteiger partial charge in [-0.15, -0.1) is 0 Å². The Morgan fingerprint density at radius 1 is 0.830 bits per heavy atom. The number of anilines is 3. The number of carbonyl (C=O) groups excluding carboxylic acids is 5. The number of nitrogens with zero attached hydrogens (tertiary/aromatic N) is 1. The molecule has 5 N–H and O–H groups in total. The molecule has 16 heteroatoms. The summed E-state index contributed by atoms with van der Waals surface area (Å²) in [4.78, 5) is 68.4. The highest BCUT2D eigenvalue weighted by Crippen LogP contribution is 2.30. The van der Waals surface area contributed by atoms with Crippen LogP contribution in [0.3, 0.4) is 0 Å². The number of piperidine rings is 1. The molecule has 0 spiro atoms. The molecule has 2 aliphatic rings. The van der Waals surface area contributed by atoms with Gasteiger partial charge in [-0.25, -0.2) is 18.7 Å². The number of carbonyl (C=O) groups is 5. The number of halogens is 4. The largest absolute Gasteiger partial charge is 0.385 e. The molecule has 1 unspecified atom stereocenters. The van der Waals surface area contributed by atoms with Crippen molar-refractivity contribution in [1.82, 2.24) is 21.0 Å². The monoisotopic (exact) mass is 848 g/mol. The molecule has 2 aliphatic heterocycles. The predicted molar refractivity (Wildman–Crippen MR) is 199 cm³/mol. The molecular formula is C37H40F3IN6O6. The lowest BCUT2D eigenvalue weighted by Gasteiger charge is -2.27. The van der Waals surface area contributed by atoms with E-state index in [2.05, 4.69) is 26.7 Å². The third kappa shape index (κ3) is 10.3. The first kappa shape index (κ1) is 39.7. The van der Waals surface area contributed by atoms with Crippen molar-refractivity contribution in [3.05, 3.63) is 86.2 Å². The number of hydrogen-bond donors (Lipinski definition) is 5. The summed E-state index contributed by atoms with van der Waals surface area (Å²) in [5.41, 5.74) is 2.59. The molecule has 5 amide bonds. The Morgan fingerprint density at radius 3 is 2.30 bits per heavy atom. The topological polar surface area (TPSA) is 158 Å². The van der Waals surface area contributed by atoms with Crippen LogP contribution in [-0.2, 0) is 14.4 Å². The molecule has 0 radical (unpaired) electrons. The van der Waals surface area contributed by atoms with Crippen LogP contribution in [0.1, 0.15) is 88.9 Å². The molecular weight excluding hydrogens is 808 g/mol. The van der Waals surface area contributed by atoms with Crippen molar-refractivity contribution in [3.63, 3.8) is 0 Å². The lowest BCUT2D eigenvalue weighted by molar-refractivity contribution is -0.136. The number of amides is 5. The van der Waals surface area contributed by atoms with Crippen LogP contribution >= 0.6 is 22.6 Å². The maximum atomic E-state index is 14.6. The van der Waals surface area contributed by atoms with Gasteiger partial charge in [-0.3, -0.25) is 39.0 Å². The molecule has 1 fully saturated rings. The Kier molecular flexibility index (Phi) is 14.2. The summed E-state index contributed by atoms with van der Waals surface area (Å²) in [6, 6.07) is 10.1. The number of nitrogens with one attached hydrogen (secondary N) is 5. The Morgan fingerprint density at radius 2 is 1.55 bits per heavy atom. The van der Waals surface area contributed by atoms with Crippen LogP contribution in [-0.4, -0.2) is 66.7 Å². The van der Waals surface area contributed by atoms with E-state index in [9.17, 15) is 37.1 Å². The van der Waals surface area contributed by atoms with Crippen molar-refractivity contribution in [1.29, 1.82) is 0 Å². The van der Waals surface area contributed by atoms with Gasteiger partial charge in [0.25, 0.3) is 17.7 Å². The van der Waals surface area contributed by atoms with Crippen molar-refractivity contribution in [2.45, 2.75) is 63.8 Å². The summed E-state index contributed by atoms with van der Waals surface area (Å²) >= 11 is 1.92. The first-order valence-corrected chi connectivity index (χ1v) is 18.6. The van der Waals surface area contributed by atoms with E-state index in [0.717, 1.165) is 67.8 Å². The standard InChI is InChI=1S/C37H40F3IN6O6/c38-27-12-11-25(33(32(27)40)44-29-13-8-22(41)20-28(29)39)34(49)46-53-19-7-17-42-16-5-3-1-2-4-6-18-43-23-9-10-24-26(21-23)37(52)47(36(24)51)30-14-15-31(48)45-35(30)50/h8-13,20-21,30,42-44H,1-7,14-19H2,(H,46,49)(H,45,48,50). The normalized spacial score (nSPS) is 15.4. The van der Waals surface area contributed by atoms with Crippen LogP contribution in [0.25, 0.3) is 0 Å². The lowest BCUT2D eigenvalue weighted by atomic mass is 10.0. The van der Waals surface area contributed by atoms with Gasteiger partial charge in [-0.05, 0) is 110 Å². The molecule has 3 aromatic rings. The van der Waals surface area contributed by atoms with Gasteiger partial charge in [0, 0.05) is 22.2 Å². The quantitative estimate of drug-likeness (QED) is 0.0426. The van der Waals surface area contributed by atoms with Crippen LogP contribution in [0.5, 0.6) is 0 Å². The fourth-order valence-corrected chi connectivity index (χ4v) is 6.50. The van der Waals surface area contributed by atoms with Gasteiger partial charge >= 0.3 is 0 Å². The zero-order valence-electron chi connectivity index (χ0n) is 28.8. The zero-order chi connectivity index (χ0) is 37.9. The van der Waals surface area contributed by atoms with Gasteiger partial charge in [0.2, 0.25) is 11.8 Å². The Bertz CT molecular complexity index is 1860. The van der Waals surface area contributed by atoms with E-state index >= 15 is 0 Å². The van der Waals surface area contributed by atoms with E-state index in [1.165, 1.54) is 12.1 Å². The molecule has 53 heavy (non-hydrogen) atoms. The average Bonchev–Trinajstić information content (AvgIpc) is 3.37. The number of hydrogen-bond acceptors (Lipinski definition) is 9. The summed E-state index contributed by atoms with van der Waals surface area (Å²) in [6.45, 7) is 2.37. The van der Waals surface area contributed by atoms with Crippen LogP contribution in [0.15, 0.2) is 48.5 Å². The molecule has 3 aromatic carbocycles. The molecule has 2 heterocycles. The predicted octanol–water partition coefficient (Wildman–Crippen LogP) is 5.95. The minimum absolute atomic E-state index is 0.0736. The fraction of sp³-hybridized carbons (Fsp3) is 0.378. The molecule has 12 nitrogen and oxygen atoms in total. The van der Waals surface area contributed by atoms with Crippen molar-refractivity contribution < 1.29 is 42.0 Å². The van der Waals surface area contributed by atoms with E-state index in [0.29, 0.717) is 23.1 Å². The first-order chi connectivity index (χ1) is 25.5. The van der Waals surface area contributed by atoms with Gasteiger partial charge in [0.05, 0.1) is 34.7 Å². The number of fused-ring (bicyclic) bond motifs is 1. The SMILES string of the molecule is O=C1CCC(N2C(=O)c3ccc(NCCCCCCCCNCCCONC(=O)c4ccc(F)c(F)c4Nc4ccc(I)cc4F)cc3C2=O)C(=O)N1. The van der Waals surface area contributed by atoms with E-state index in [1.54, 1.807) is 24.3 Å². The van der Waals surface area contributed by atoms with Crippen LogP contribution in [0.2, 0.25) is 0 Å².